The number of nitrogens with one attached hydrogen (secondary N) is 2. The molecule has 2 aliphatic heterocycles. The average Bonchev–Trinajstić information content (AvgIpc) is 3.17. The third-order valence-electron chi connectivity index (χ3n) is 7.66. The maximum Gasteiger partial charge on any atom is 0.267 e. The van der Waals surface area contributed by atoms with Gasteiger partial charge in [0.15, 0.2) is 0 Å². The molecular weight excluding hydrogens is 436 g/mol. The highest BCUT2D eigenvalue weighted by molar-refractivity contribution is 6.03. The topological polar surface area (TPSA) is 60.6 Å². The van der Waals surface area contributed by atoms with Crippen LogP contribution in [0.4, 0.5) is 0 Å². The molecular formula is C29H38N4O2. The Morgan fingerprint density at radius 2 is 1.63 bits per heavy atom. The van der Waals surface area contributed by atoms with Crippen molar-refractivity contribution in [3.05, 3.63) is 54.2 Å². The van der Waals surface area contributed by atoms with Gasteiger partial charge in [-0.1, -0.05) is 37.1 Å². The van der Waals surface area contributed by atoms with E-state index in [9.17, 15) is 4.79 Å². The fourth-order valence-electron chi connectivity index (χ4n) is 5.51. The van der Waals surface area contributed by atoms with Crippen molar-refractivity contribution in [2.75, 3.05) is 46.4 Å². The normalized spacial score (nSPS) is 18.4. The Morgan fingerprint density at radius 3 is 2.31 bits per heavy atom. The number of likely N-dealkylation sites (tertiary alicyclic amines) is 2. The van der Waals surface area contributed by atoms with Crippen LogP contribution in [0.5, 0.6) is 5.75 Å². The molecule has 2 N–H and O–H groups in total. The number of aromatic nitrogens is 1. The first-order valence-corrected chi connectivity index (χ1v) is 13.2. The third kappa shape index (κ3) is 5.88. The van der Waals surface area contributed by atoms with Gasteiger partial charge in [-0.15, -0.1) is 0 Å². The molecule has 1 aromatic heterocycles. The number of amides is 1. The van der Waals surface area contributed by atoms with Crippen LogP contribution in [-0.4, -0.2) is 73.1 Å². The zero-order valence-corrected chi connectivity index (χ0v) is 20.9. The SMILES string of the molecule is COc1ccc(-c2cccc3[nH]c(C(=O)NC4CCN(CCN5CCCCCC5)CC4)cc23)cc1. The Morgan fingerprint density at radius 1 is 0.943 bits per heavy atom. The zero-order valence-electron chi connectivity index (χ0n) is 20.9. The van der Waals surface area contributed by atoms with Crippen molar-refractivity contribution in [1.29, 1.82) is 0 Å². The summed E-state index contributed by atoms with van der Waals surface area (Å²) in [4.78, 5) is 21.6. The molecule has 1 amide bonds. The number of ether oxygens (including phenoxy) is 1. The van der Waals surface area contributed by atoms with E-state index >= 15 is 0 Å². The van der Waals surface area contributed by atoms with Crippen LogP contribution in [0.3, 0.4) is 0 Å². The van der Waals surface area contributed by atoms with Gasteiger partial charge in [0.1, 0.15) is 11.4 Å². The summed E-state index contributed by atoms with van der Waals surface area (Å²) in [7, 11) is 1.67. The van der Waals surface area contributed by atoms with Crippen molar-refractivity contribution in [1.82, 2.24) is 20.1 Å². The molecule has 186 valence electrons. The minimum atomic E-state index is -0.00935. The van der Waals surface area contributed by atoms with Crippen LogP contribution >= 0.6 is 0 Å². The molecule has 0 unspecified atom stereocenters. The van der Waals surface area contributed by atoms with E-state index in [1.54, 1.807) is 7.11 Å². The minimum absolute atomic E-state index is 0.00935. The van der Waals surface area contributed by atoms with Gasteiger partial charge in [0.2, 0.25) is 0 Å². The number of nitrogens with zero attached hydrogens (tertiary/aromatic N) is 2. The number of H-pyrrole nitrogens is 1. The quantitative estimate of drug-likeness (QED) is 0.511. The summed E-state index contributed by atoms with van der Waals surface area (Å²) in [5.41, 5.74) is 3.82. The first-order valence-electron chi connectivity index (χ1n) is 13.2. The molecule has 0 bridgehead atoms. The average molecular weight is 475 g/mol. The molecule has 0 saturated carbocycles. The molecule has 0 spiro atoms. The van der Waals surface area contributed by atoms with E-state index in [-0.39, 0.29) is 11.9 Å². The van der Waals surface area contributed by atoms with Crippen LogP contribution in [0.2, 0.25) is 0 Å². The Balaban J connectivity index is 1.16. The van der Waals surface area contributed by atoms with Gasteiger partial charge < -0.3 is 24.8 Å². The monoisotopic (exact) mass is 474 g/mol. The van der Waals surface area contributed by atoms with Crippen LogP contribution in [-0.2, 0) is 0 Å². The molecule has 0 atom stereocenters. The second-order valence-corrected chi connectivity index (χ2v) is 10.0. The molecule has 0 radical (unpaired) electrons. The minimum Gasteiger partial charge on any atom is -0.497 e. The predicted octanol–water partition coefficient (Wildman–Crippen LogP) is 4.91. The number of aromatic amines is 1. The number of piperidine rings is 1. The second-order valence-electron chi connectivity index (χ2n) is 10.0. The molecule has 2 fully saturated rings. The lowest BCUT2D eigenvalue weighted by Crippen LogP contribution is -2.46. The smallest absolute Gasteiger partial charge is 0.267 e. The number of rotatable bonds is 7. The van der Waals surface area contributed by atoms with Gasteiger partial charge in [-0.3, -0.25) is 4.79 Å². The van der Waals surface area contributed by atoms with E-state index in [0.29, 0.717) is 5.69 Å². The van der Waals surface area contributed by atoms with Gasteiger partial charge >= 0.3 is 0 Å². The lowest BCUT2D eigenvalue weighted by molar-refractivity contribution is 0.0902. The molecule has 3 heterocycles. The van der Waals surface area contributed by atoms with Crippen LogP contribution in [0.25, 0.3) is 22.0 Å². The fraction of sp³-hybridized carbons (Fsp3) is 0.483. The van der Waals surface area contributed by atoms with Crippen LogP contribution in [0.1, 0.15) is 49.0 Å². The van der Waals surface area contributed by atoms with Crippen molar-refractivity contribution in [2.24, 2.45) is 0 Å². The first kappa shape index (κ1) is 23.9. The summed E-state index contributed by atoms with van der Waals surface area (Å²) in [6.07, 6.45) is 7.51. The summed E-state index contributed by atoms with van der Waals surface area (Å²) in [6.45, 7) is 6.98. The predicted molar refractivity (Wildman–Crippen MR) is 142 cm³/mol. The van der Waals surface area contributed by atoms with Crippen LogP contribution in [0.15, 0.2) is 48.5 Å². The van der Waals surface area contributed by atoms with E-state index in [4.69, 9.17) is 4.74 Å². The molecule has 2 aromatic carbocycles. The van der Waals surface area contributed by atoms with Crippen molar-refractivity contribution in [3.63, 3.8) is 0 Å². The molecule has 5 rings (SSSR count). The summed E-state index contributed by atoms with van der Waals surface area (Å²) >= 11 is 0. The zero-order chi connectivity index (χ0) is 24.0. The second kappa shape index (κ2) is 11.3. The van der Waals surface area contributed by atoms with Crippen LogP contribution < -0.4 is 10.1 Å². The number of fused-ring (bicyclic) bond motifs is 1. The Labute approximate surface area is 208 Å². The number of carbonyl (C=O) groups excluding carboxylic acids is 1. The maximum absolute atomic E-state index is 13.1. The molecule has 0 aliphatic carbocycles. The summed E-state index contributed by atoms with van der Waals surface area (Å²) in [6, 6.07) is 16.4. The number of benzene rings is 2. The largest absolute Gasteiger partial charge is 0.497 e. The van der Waals surface area contributed by atoms with Crippen LogP contribution in [0, 0.1) is 0 Å². The fourth-order valence-corrected chi connectivity index (χ4v) is 5.51. The maximum atomic E-state index is 13.1. The Hall–Kier alpha value is -2.83. The van der Waals surface area contributed by atoms with Gasteiger partial charge in [-0.25, -0.2) is 0 Å². The van der Waals surface area contributed by atoms with Crippen molar-refractivity contribution in [3.8, 4) is 16.9 Å². The summed E-state index contributed by atoms with van der Waals surface area (Å²) in [5, 5.41) is 4.34. The van der Waals surface area contributed by atoms with E-state index in [2.05, 4.69) is 38.3 Å². The number of methoxy groups -OCH3 is 1. The molecule has 6 heteroatoms. The Bertz CT molecular complexity index is 1110. The molecule has 2 saturated heterocycles. The molecule has 2 aliphatic rings. The van der Waals surface area contributed by atoms with Crippen molar-refractivity contribution < 1.29 is 9.53 Å². The summed E-state index contributed by atoms with van der Waals surface area (Å²) in [5.74, 6) is 0.827. The van der Waals surface area contributed by atoms with Gasteiger partial charge in [-0.2, -0.15) is 0 Å². The van der Waals surface area contributed by atoms with E-state index in [0.717, 1.165) is 60.3 Å². The van der Waals surface area contributed by atoms with Gasteiger partial charge in [-0.05, 0) is 74.2 Å². The molecule has 3 aromatic rings. The van der Waals surface area contributed by atoms with Crippen molar-refractivity contribution >= 4 is 16.8 Å². The lowest BCUT2D eigenvalue weighted by Gasteiger charge is -2.33. The van der Waals surface area contributed by atoms with Gasteiger partial charge in [0, 0.05) is 43.1 Å². The number of hydrogen-bond acceptors (Lipinski definition) is 4. The summed E-state index contributed by atoms with van der Waals surface area (Å²) < 4.78 is 5.29. The lowest BCUT2D eigenvalue weighted by atomic mass is 10.0. The van der Waals surface area contributed by atoms with E-state index in [1.807, 2.05) is 30.3 Å². The third-order valence-corrected chi connectivity index (χ3v) is 7.66. The van der Waals surface area contributed by atoms with E-state index < -0.39 is 0 Å². The first-order chi connectivity index (χ1) is 17.2. The highest BCUT2D eigenvalue weighted by Crippen LogP contribution is 2.30. The number of hydrogen-bond donors (Lipinski definition) is 2. The Kier molecular flexibility index (Phi) is 7.69. The standard InChI is InChI=1S/C29H38N4O2/c1-35-24-11-9-22(10-12-24)25-7-6-8-27-26(25)21-28(31-27)29(34)30-23-13-17-33(18-14-23)20-19-32-15-4-2-3-5-16-32/h6-12,21,23,31H,2-5,13-20H2,1H3,(H,30,34). The highest BCUT2D eigenvalue weighted by Gasteiger charge is 2.22. The molecule has 6 nitrogen and oxygen atoms in total. The van der Waals surface area contributed by atoms with Gasteiger partial charge in [0.05, 0.1) is 7.11 Å². The van der Waals surface area contributed by atoms with Crippen molar-refractivity contribution in [2.45, 2.75) is 44.6 Å². The highest BCUT2D eigenvalue weighted by atomic mass is 16.5. The van der Waals surface area contributed by atoms with Gasteiger partial charge in [0.25, 0.3) is 5.91 Å². The van der Waals surface area contributed by atoms with E-state index in [1.165, 1.54) is 45.3 Å². The molecule has 35 heavy (non-hydrogen) atoms. The number of carbonyl (C=O) groups is 1.